The number of hydrogen-bond acceptors (Lipinski definition) is 2. The molecule has 4 aliphatic rings. The van der Waals surface area contributed by atoms with Crippen LogP contribution in [0.15, 0.2) is 28.7 Å². The molecule has 3 heteroatoms. The fourth-order valence-electron chi connectivity index (χ4n) is 5.34. The molecule has 1 aromatic rings. The summed E-state index contributed by atoms with van der Waals surface area (Å²) in [6.07, 6.45) is 8.77. The van der Waals surface area contributed by atoms with Gasteiger partial charge < -0.3 is 10.1 Å². The predicted octanol–water partition coefficient (Wildman–Crippen LogP) is 4.39. The van der Waals surface area contributed by atoms with Gasteiger partial charge in [0.15, 0.2) is 0 Å². The highest BCUT2D eigenvalue weighted by Crippen LogP contribution is 2.55. The molecule has 0 radical (unpaired) electrons. The van der Waals surface area contributed by atoms with Crippen molar-refractivity contribution in [2.24, 2.45) is 17.8 Å². The molecule has 0 heterocycles. The van der Waals surface area contributed by atoms with Gasteiger partial charge >= 0.3 is 0 Å². The summed E-state index contributed by atoms with van der Waals surface area (Å²) < 4.78 is 6.94. The lowest BCUT2D eigenvalue weighted by Crippen LogP contribution is -2.59. The second kappa shape index (κ2) is 5.58. The molecule has 1 aromatic carbocycles. The lowest BCUT2D eigenvalue weighted by Gasteiger charge is -2.57. The molecule has 0 spiro atoms. The Kier molecular flexibility index (Phi) is 3.74. The van der Waals surface area contributed by atoms with Gasteiger partial charge in [0.2, 0.25) is 0 Å². The van der Waals surface area contributed by atoms with Crippen LogP contribution in [0.4, 0.5) is 0 Å². The van der Waals surface area contributed by atoms with Gasteiger partial charge in [0.05, 0.1) is 0 Å². The van der Waals surface area contributed by atoms with Gasteiger partial charge in [-0.3, -0.25) is 0 Å². The van der Waals surface area contributed by atoms with Crippen molar-refractivity contribution in [1.82, 2.24) is 5.32 Å². The molecule has 114 valence electrons. The molecular weight excluding hydrogens is 326 g/mol. The summed E-state index contributed by atoms with van der Waals surface area (Å²) in [5.41, 5.74) is 0.456. The Balaban J connectivity index is 1.28. The van der Waals surface area contributed by atoms with Crippen LogP contribution in [0.1, 0.15) is 38.5 Å². The quantitative estimate of drug-likeness (QED) is 0.796. The molecule has 0 amide bonds. The molecule has 0 saturated heterocycles. The van der Waals surface area contributed by atoms with E-state index in [1.807, 2.05) is 24.3 Å². The minimum absolute atomic E-state index is 0.456. The van der Waals surface area contributed by atoms with Crippen LogP contribution in [-0.2, 0) is 0 Å². The van der Waals surface area contributed by atoms with Gasteiger partial charge in [-0.15, -0.1) is 0 Å². The Morgan fingerprint density at radius 2 is 1.57 bits per heavy atom. The maximum Gasteiger partial charge on any atom is 0.119 e. The number of nitrogens with one attached hydrogen (secondary N) is 1. The smallest absolute Gasteiger partial charge is 0.119 e. The topological polar surface area (TPSA) is 21.3 Å². The molecule has 4 bridgehead atoms. The minimum atomic E-state index is 0.456. The molecule has 5 rings (SSSR count). The zero-order valence-corrected chi connectivity index (χ0v) is 14.1. The van der Waals surface area contributed by atoms with Crippen molar-refractivity contribution in [3.05, 3.63) is 28.7 Å². The van der Waals surface area contributed by atoms with E-state index < -0.39 is 0 Å². The average Bonchev–Trinajstić information content (AvgIpc) is 2.44. The summed E-state index contributed by atoms with van der Waals surface area (Å²) in [7, 11) is 0. The van der Waals surface area contributed by atoms with E-state index in [1.54, 1.807) is 0 Å². The molecule has 0 unspecified atom stereocenters. The van der Waals surface area contributed by atoms with Crippen LogP contribution in [-0.4, -0.2) is 18.7 Å². The van der Waals surface area contributed by atoms with Crippen LogP contribution < -0.4 is 10.1 Å². The van der Waals surface area contributed by atoms with Crippen molar-refractivity contribution in [3.8, 4) is 5.75 Å². The van der Waals surface area contributed by atoms with Gasteiger partial charge in [0.1, 0.15) is 12.4 Å². The van der Waals surface area contributed by atoms with Crippen LogP contribution in [0.25, 0.3) is 0 Å². The molecular formula is C18H24BrNO. The van der Waals surface area contributed by atoms with Gasteiger partial charge in [-0.2, -0.15) is 0 Å². The standard InChI is InChI=1S/C18H24BrNO/c19-16-1-3-17(4-2-16)21-6-5-20-18-10-13-7-14(11-18)9-15(8-13)12-18/h1-4,13-15,20H,5-12H2. The fraction of sp³-hybridized carbons (Fsp3) is 0.667. The highest BCUT2D eigenvalue weighted by atomic mass is 79.9. The van der Waals surface area contributed by atoms with Gasteiger partial charge in [-0.1, -0.05) is 15.9 Å². The van der Waals surface area contributed by atoms with E-state index >= 15 is 0 Å². The zero-order chi connectivity index (χ0) is 14.3. The van der Waals surface area contributed by atoms with Crippen LogP contribution in [0.5, 0.6) is 5.75 Å². The first-order chi connectivity index (χ1) is 10.2. The third-order valence-electron chi connectivity index (χ3n) is 5.72. The first-order valence-corrected chi connectivity index (χ1v) is 9.13. The number of rotatable bonds is 5. The molecule has 0 aromatic heterocycles. The Bertz CT molecular complexity index is 463. The van der Waals surface area contributed by atoms with Crippen molar-refractivity contribution in [3.63, 3.8) is 0 Å². The Labute approximate surface area is 135 Å². The van der Waals surface area contributed by atoms with Crippen LogP contribution in [0.3, 0.4) is 0 Å². The fourth-order valence-corrected chi connectivity index (χ4v) is 5.61. The van der Waals surface area contributed by atoms with Gasteiger partial charge in [0.25, 0.3) is 0 Å². The van der Waals surface area contributed by atoms with E-state index in [2.05, 4.69) is 21.2 Å². The maximum absolute atomic E-state index is 5.84. The lowest BCUT2D eigenvalue weighted by molar-refractivity contribution is -0.0207. The number of ether oxygens (including phenoxy) is 1. The number of hydrogen-bond donors (Lipinski definition) is 1. The van der Waals surface area contributed by atoms with Crippen LogP contribution in [0.2, 0.25) is 0 Å². The van der Waals surface area contributed by atoms with E-state index in [0.29, 0.717) is 5.54 Å². The first-order valence-electron chi connectivity index (χ1n) is 8.34. The summed E-state index contributed by atoms with van der Waals surface area (Å²) in [4.78, 5) is 0. The van der Waals surface area contributed by atoms with Gasteiger partial charge in [0, 0.05) is 16.6 Å². The second-order valence-electron chi connectivity index (χ2n) is 7.43. The number of benzene rings is 1. The molecule has 0 aliphatic heterocycles. The molecule has 4 fully saturated rings. The molecule has 0 atom stereocenters. The third kappa shape index (κ3) is 3.00. The normalized spacial score (nSPS) is 36.9. The van der Waals surface area contributed by atoms with Gasteiger partial charge in [-0.25, -0.2) is 0 Å². The summed E-state index contributed by atoms with van der Waals surface area (Å²) in [6.45, 7) is 1.74. The molecule has 21 heavy (non-hydrogen) atoms. The van der Waals surface area contributed by atoms with Crippen LogP contribution in [0, 0.1) is 17.8 Å². The van der Waals surface area contributed by atoms with E-state index in [4.69, 9.17) is 4.74 Å². The summed E-state index contributed by atoms with van der Waals surface area (Å²) >= 11 is 3.45. The summed E-state index contributed by atoms with van der Waals surface area (Å²) in [5, 5.41) is 3.87. The van der Waals surface area contributed by atoms with Crippen LogP contribution >= 0.6 is 15.9 Å². The van der Waals surface area contributed by atoms with Gasteiger partial charge in [-0.05, 0) is 80.5 Å². The molecule has 1 N–H and O–H groups in total. The van der Waals surface area contributed by atoms with Crippen molar-refractivity contribution >= 4 is 15.9 Å². The van der Waals surface area contributed by atoms with E-state index in [-0.39, 0.29) is 0 Å². The monoisotopic (exact) mass is 349 g/mol. The Morgan fingerprint density at radius 3 is 2.14 bits per heavy atom. The van der Waals surface area contributed by atoms with Crippen molar-refractivity contribution in [1.29, 1.82) is 0 Å². The summed E-state index contributed by atoms with van der Waals surface area (Å²) in [6, 6.07) is 8.10. The van der Waals surface area contributed by atoms with Crippen molar-refractivity contribution in [2.75, 3.05) is 13.2 Å². The highest BCUT2D eigenvalue weighted by molar-refractivity contribution is 9.10. The Hall–Kier alpha value is -0.540. The third-order valence-corrected chi connectivity index (χ3v) is 6.25. The minimum Gasteiger partial charge on any atom is -0.492 e. The SMILES string of the molecule is Brc1ccc(OCCNC23CC4CC(CC(C4)C2)C3)cc1. The summed E-state index contributed by atoms with van der Waals surface area (Å²) in [5.74, 6) is 3.99. The molecule has 2 nitrogen and oxygen atoms in total. The highest BCUT2D eigenvalue weighted by Gasteiger charge is 2.50. The second-order valence-corrected chi connectivity index (χ2v) is 8.34. The average molecular weight is 350 g/mol. The van der Waals surface area contributed by atoms with E-state index in [1.165, 1.54) is 38.5 Å². The largest absolute Gasteiger partial charge is 0.492 e. The van der Waals surface area contributed by atoms with Crippen molar-refractivity contribution in [2.45, 2.75) is 44.1 Å². The zero-order valence-electron chi connectivity index (χ0n) is 12.5. The lowest BCUT2D eigenvalue weighted by atomic mass is 9.53. The molecule has 4 aliphatic carbocycles. The predicted molar refractivity (Wildman–Crippen MR) is 88.5 cm³/mol. The van der Waals surface area contributed by atoms with Crippen molar-refractivity contribution < 1.29 is 4.74 Å². The Morgan fingerprint density at radius 1 is 1.00 bits per heavy atom. The molecule has 4 saturated carbocycles. The van der Waals surface area contributed by atoms with E-state index in [0.717, 1.165) is 41.1 Å². The first kappa shape index (κ1) is 14.1. The number of halogens is 1. The maximum atomic E-state index is 5.84. The van der Waals surface area contributed by atoms with E-state index in [9.17, 15) is 0 Å².